The summed E-state index contributed by atoms with van der Waals surface area (Å²) in [4.78, 5) is 49.9. The molecule has 0 radical (unpaired) electrons. The average Bonchev–Trinajstić information content (AvgIpc) is 2.68. The van der Waals surface area contributed by atoms with Gasteiger partial charge in [0.05, 0.1) is 13.1 Å². The summed E-state index contributed by atoms with van der Waals surface area (Å²) in [7, 11) is 0. The van der Waals surface area contributed by atoms with Crippen LogP contribution in [0.1, 0.15) is 48.0 Å². The molecule has 0 bridgehead atoms. The van der Waals surface area contributed by atoms with Gasteiger partial charge in [-0.3, -0.25) is 24.7 Å². The van der Waals surface area contributed by atoms with E-state index < -0.39 is 23.4 Å². The van der Waals surface area contributed by atoms with Crippen LogP contribution in [-0.4, -0.2) is 64.4 Å². The van der Waals surface area contributed by atoms with Crippen molar-refractivity contribution in [2.24, 2.45) is 0 Å². The van der Waals surface area contributed by atoms with Crippen LogP contribution in [0, 0.1) is 0 Å². The first kappa shape index (κ1) is 20.9. The highest BCUT2D eigenvalue weighted by Crippen LogP contribution is 2.19. The van der Waals surface area contributed by atoms with Gasteiger partial charge < -0.3 is 10.6 Å². The molecule has 0 aliphatic carbocycles. The van der Waals surface area contributed by atoms with Crippen LogP contribution in [0.15, 0.2) is 0 Å². The van der Waals surface area contributed by atoms with Gasteiger partial charge in [0.1, 0.15) is 5.54 Å². The number of nitrogens with zero attached hydrogens (tertiary/aromatic N) is 2. The number of nitrogens with one attached hydrogen (secondary N) is 3. The first-order chi connectivity index (χ1) is 11.4. The van der Waals surface area contributed by atoms with Gasteiger partial charge in [-0.1, -0.05) is 13.8 Å². The van der Waals surface area contributed by atoms with E-state index in [2.05, 4.69) is 16.1 Å². The quantitative estimate of drug-likeness (QED) is 0.556. The third kappa shape index (κ3) is 5.70. The second-order valence-corrected chi connectivity index (χ2v) is 7.39. The number of imide groups is 1. The summed E-state index contributed by atoms with van der Waals surface area (Å²) in [6.45, 7) is 11.2. The lowest BCUT2D eigenvalue weighted by molar-refractivity contribution is -0.139. The Labute approximate surface area is 148 Å². The molecule has 1 aliphatic rings. The molecule has 9 heteroatoms. The minimum Gasteiger partial charge on any atom is -0.350 e. The van der Waals surface area contributed by atoms with Crippen molar-refractivity contribution in [3.8, 4) is 0 Å². The Kier molecular flexibility index (Phi) is 6.53. The number of likely N-dealkylation sites (N-methyl/N-ethyl adjacent to an activating group) is 1. The van der Waals surface area contributed by atoms with Gasteiger partial charge in [-0.25, -0.2) is 4.79 Å². The van der Waals surface area contributed by atoms with Crippen molar-refractivity contribution in [1.82, 2.24) is 26.0 Å². The van der Waals surface area contributed by atoms with Gasteiger partial charge in [-0.15, -0.1) is 0 Å². The number of carbonyl (C=O) groups excluding carboxylic acids is 4. The molecule has 142 valence electrons. The van der Waals surface area contributed by atoms with Crippen LogP contribution in [0.4, 0.5) is 4.79 Å². The molecular weight excluding hydrogens is 326 g/mol. The van der Waals surface area contributed by atoms with Crippen molar-refractivity contribution in [2.45, 2.75) is 59.0 Å². The normalized spacial score (nSPS) is 20.7. The number of hydrogen-bond acceptors (Lipinski definition) is 5. The summed E-state index contributed by atoms with van der Waals surface area (Å²) in [6, 6.07) is -0.656. The van der Waals surface area contributed by atoms with Crippen molar-refractivity contribution in [1.29, 1.82) is 0 Å². The molecule has 0 spiro atoms. The van der Waals surface area contributed by atoms with Gasteiger partial charge in [-0.05, 0) is 40.7 Å². The number of hydrazine groups is 1. The van der Waals surface area contributed by atoms with Gasteiger partial charge in [0.15, 0.2) is 0 Å². The molecule has 0 aromatic heterocycles. The second kappa shape index (κ2) is 7.81. The topological polar surface area (TPSA) is 111 Å². The standard InChI is InChI=1S/C16H29N5O4/c1-7-16(6)13(24)21(14(25)18-16)19-12(23)10-20(8-2)9-11(22)17-15(3,4)5/h7-10H2,1-6H3,(H,17,22)(H,18,25)(H,19,23)/t16-/m0/s1. The van der Waals surface area contributed by atoms with E-state index in [1.165, 1.54) is 0 Å². The van der Waals surface area contributed by atoms with Gasteiger partial charge >= 0.3 is 6.03 Å². The van der Waals surface area contributed by atoms with E-state index in [0.29, 0.717) is 18.0 Å². The van der Waals surface area contributed by atoms with E-state index in [1.54, 1.807) is 18.7 Å². The monoisotopic (exact) mass is 355 g/mol. The third-order valence-corrected chi connectivity index (χ3v) is 3.90. The van der Waals surface area contributed by atoms with Crippen molar-refractivity contribution in [3.63, 3.8) is 0 Å². The fraction of sp³-hybridized carbons (Fsp3) is 0.750. The molecule has 0 aromatic rings. The summed E-state index contributed by atoms with van der Waals surface area (Å²) in [5.41, 5.74) is 0.943. The largest absolute Gasteiger partial charge is 0.350 e. The Hall–Kier alpha value is -2.16. The van der Waals surface area contributed by atoms with E-state index in [4.69, 9.17) is 0 Å². The van der Waals surface area contributed by atoms with Gasteiger partial charge in [0.2, 0.25) is 5.91 Å². The van der Waals surface area contributed by atoms with E-state index in [0.717, 1.165) is 0 Å². The van der Waals surface area contributed by atoms with E-state index >= 15 is 0 Å². The molecule has 25 heavy (non-hydrogen) atoms. The lowest BCUT2D eigenvalue weighted by Gasteiger charge is -2.25. The van der Waals surface area contributed by atoms with Crippen molar-refractivity contribution >= 4 is 23.8 Å². The molecule has 5 amide bonds. The number of urea groups is 1. The van der Waals surface area contributed by atoms with Crippen molar-refractivity contribution in [2.75, 3.05) is 19.6 Å². The molecule has 1 aliphatic heterocycles. The van der Waals surface area contributed by atoms with Gasteiger partial charge in [-0.2, -0.15) is 5.01 Å². The molecule has 0 unspecified atom stereocenters. The maximum absolute atomic E-state index is 12.2. The summed E-state index contributed by atoms with van der Waals surface area (Å²) >= 11 is 0. The summed E-state index contributed by atoms with van der Waals surface area (Å²) in [5.74, 6) is -1.23. The highest BCUT2D eigenvalue weighted by molar-refractivity contribution is 6.07. The lowest BCUT2D eigenvalue weighted by atomic mass is 10.00. The molecule has 1 saturated heterocycles. The maximum Gasteiger partial charge on any atom is 0.344 e. The third-order valence-electron chi connectivity index (χ3n) is 3.90. The zero-order valence-corrected chi connectivity index (χ0v) is 15.9. The van der Waals surface area contributed by atoms with Crippen LogP contribution < -0.4 is 16.1 Å². The molecule has 1 atom stereocenters. The van der Waals surface area contributed by atoms with E-state index in [9.17, 15) is 19.2 Å². The van der Waals surface area contributed by atoms with Crippen LogP contribution in [0.25, 0.3) is 0 Å². The minimum absolute atomic E-state index is 0.0496. The second-order valence-electron chi connectivity index (χ2n) is 7.39. The van der Waals surface area contributed by atoms with Crippen LogP contribution >= 0.6 is 0 Å². The molecule has 1 heterocycles. The number of hydrogen-bond donors (Lipinski definition) is 3. The number of amides is 5. The van der Waals surface area contributed by atoms with E-state index in [1.807, 2.05) is 27.7 Å². The van der Waals surface area contributed by atoms with Crippen LogP contribution in [0.3, 0.4) is 0 Å². The molecule has 9 nitrogen and oxygen atoms in total. The van der Waals surface area contributed by atoms with E-state index in [-0.39, 0.29) is 24.5 Å². The van der Waals surface area contributed by atoms with Gasteiger partial charge in [0.25, 0.3) is 11.8 Å². The number of rotatable bonds is 7. The average molecular weight is 355 g/mol. The summed E-state index contributed by atoms with van der Waals surface area (Å²) in [6.07, 6.45) is 0.415. The van der Waals surface area contributed by atoms with Crippen molar-refractivity contribution < 1.29 is 19.2 Å². The molecule has 3 N–H and O–H groups in total. The Morgan fingerprint density at radius 1 is 1.16 bits per heavy atom. The zero-order chi connectivity index (χ0) is 19.4. The van der Waals surface area contributed by atoms with Crippen LogP contribution in [0.5, 0.6) is 0 Å². The highest BCUT2D eigenvalue weighted by Gasteiger charge is 2.47. The Morgan fingerprint density at radius 2 is 1.72 bits per heavy atom. The molecule has 1 fully saturated rings. The molecule has 0 aromatic carbocycles. The Balaban J connectivity index is 2.61. The predicted molar refractivity (Wildman–Crippen MR) is 92.2 cm³/mol. The Morgan fingerprint density at radius 3 is 2.16 bits per heavy atom. The Bertz CT molecular complexity index is 557. The lowest BCUT2D eigenvalue weighted by Crippen LogP contribution is -2.52. The minimum atomic E-state index is -1.01. The fourth-order valence-electron chi connectivity index (χ4n) is 2.33. The SMILES string of the molecule is CCN(CC(=O)NN1C(=O)N[C@@](C)(CC)C1=O)CC(=O)NC(C)(C)C. The molecule has 0 saturated carbocycles. The first-order valence-electron chi connectivity index (χ1n) is 8.41. The maximum atomic E-state index is 12.2. The van der Waals surface area contributed by atoms with Crippen molar-refractivity contribution in [3.05, 3.63) is 0 Å². The highest BCUT2D eigenvalue weighted by atomic mass is 16.2. The smallest absolute Gasteiger partial charge is 0.344 e. The molecular formula is C16H29N5O4. The first-order valence-corrected chi connectivity index (χ1v) is 8.41. The van der Waals surface area contributed by atoms with Gasteiger partial charge in [0, 0.05) is 5.54 Å². The summed E-state index contributed by atoms with van der Waals surface area (Å²) in [5, 5.41) is 6.08. The molecule has 1 rings (SSSR count). The van der Waals surface area contributed by atoms with Crippen LogP contribution in [0.2, 0.25) is 0 Å². The number of carbonyl (C=O) groups is 4. The van der Waals surface area contributed by atoms with Crippen LogP contribution in [-0.2, 0) is 14.4 Å². The zero-order valence-electron chi connectivity index (χ0n) is 15.9. The fourth-order valence-corrected chi connectivity index (χ4v) is 2.33. The predicted octanol–water partition coefficient (Wildman–Crippen LogP) is -0.0253. The summed E-state index contributed by atoms with van der Waals surface area (Å²) < 4.78 is 0.